The van der Waals surface area contributed by atoms with Crippen LogP contribution in [0.2, 0.25) is 5.02 Å². The zero-order chi connectivity index (χ0) is 11.7. The van der Waals surface area contributed by atoms with Crippen LogP contribution in [0, 0.1) is 0 Å². The lowest BCUT2D eigenvalue weighted by molar-refractivity contribution is -0.153. The molecule has 0 radical (unpaired) electrons. The van der Waals surface area contributed by atoms with Crippen LogP contribution >= 0.6 is 23.2 Å². The summed E-state index contributed by atoms with van der Waals surface area (Å²) >= 11 is 11.3. The highest BCUT2D eigenvalue weighted by molar-refractivity contribution is 6.42. The molecular formula is C10H6Cl2O4. The first kappa shape index (κ1) is 11.3. The second kappa shape index (κ2) is 4.33. The molecule has 1 aromatic rings. The van der Waals surface area contributed by atoms with E-state index in [0.29, 0.717) is 10.8 Å². The van der Waals surface area contributed by atoms with Crippen LogP contribution in [-0.2, 0) is 9.53 Å². The quantitative estimate of drug-likeness (QED) is 0.827. The minimum Gasteiger partial charge on any atom is -0.453 e. The van der Waals surface area contributed by atoms with Crippen LogP contribution in [0.15, 0.2) is 35.1 Å². The van der Waals surface area contributed by atoms with Crippen molar-refractivity contribution in [1.29, 1.82) is 0 Å². The molecule has 0 saturated carbocycles. The average Bonchev–Trinajstić information content (AvgIpc) is 2.48. The number of hydrogen-bond donors (Lipinski definition) is 1. The fraction of sp³-hybridized carbons (Fsp3) is 0.100. The van der Waals surface area contributed by atoms with Crippen LogP contribution in [0.4, 0.5) is 0 Å². The summed E-state index contributed by atoms with van der Waals surface area (Å²) in [5, 5.41) is 9.60. The fourth-order valence-electron chi connectivity index (χ4n) is 1.14. The SMILES string of the molecule is O=C1O[C@@H](O)C(Oc2ccc(Cl)cc2)=C1Cl. The molecule has 0 aromatic heterocycles. The lowest BCUT2D eigenvalue weighted by atomic mass is 10.3. The van der Waals surface area contributed by atoms with Gasteiger partial charge in [0.15, 0.2) is 10.8 Å². The van der Waals surface area contributed by atoms with Crippen molar-refractivity contribution < 1.29 is 19.4 Å². The molecule has 6 heteroatoms. The summed E-state index contributed by atoms with van der Waals surface area (Å²) in [7, 11) is 0. The molecule has 1 atom stereocenters. The Kier molecular flexibility index (Phi) is 3.05. The first-order chi connectivity index (χ1) is 7.58. The number of carbonyl (C=O) groups excluding carboxylic acids is 1. The smallest absolute Gasteiger partial charge is 0.356 e. The summed E-state index contributed by atoms with van der Waals surface area (Å²) in [5.41, 5.74) is 0. The molecule has 84 valence electrons. The molecule has 0 fully saturated rings. The van der Waals surface area contributed by atoms with Crippen LogP contribution in [0.5, 0.6) is 5.75 Å². The van der Waals surface area contributed by atoms with Gasteiger partial charge in [0.1, 0.15) is 5.75 Å². The predicted molar refractivity (Wildman–Crippen MR) is 57.1 cm³/mol. The number of aliphatic hydroxyl groups is 1. The lowest BCUT2D eigenvalue weighted by Gasteiger charge is -2.09. The number of carbonyl (C=O) groups is 1. The molecule has 0 bridgehead atoms. The van der Waals surface area contributed by atoms with Crippen molar-refractivity contribution >= 4 is 29.2 Å². The third-order valence-corrected chi connectivity index (χ3v) is 2.47. The van der Waals surface area contributed by atoms with Crippen LogP contribution in [0.3, 0.4) is 0 Å². The van der Waals surface area contributed by atoms with E-state index in [-0.39, 0.29) is 10.8 Å². The van der Waals surface area contributed by atoms with Gasteiger partial charge in [0.2, 0.25) is 0 Å². The van der Waals surface area contributed by atoms with Crippen molar-refractivity contribution in [2.45, 2.75) is 6.29 Å². The van der Waals surface area contributed by atoms with Gasteiger partial charge >= 0.3 is 5.97 Å². The Labute approximate surface area is 101 Å². The summed E-state index contributed by atoms with van der Waals surface area (Å²) in [6.45, 7) is 0. The predicted octanol–water partition coefficient (Wildman–Crippen LogP) is 2.04. The molecule has 16 heavy (non-hydrogen) atoms. The molecule has 1 aromatic carbocycles. The molecule has 1 N–H and O–H groups in total. The fourth-order valence-corrected chi connectivity index (χ4v) is 1.44. The Morgan fingerprint density at radius 3 is 2.38 bits per heavy atom. The number of aliphatic hydroxyl groups excluding tert-OH is 1. The minimum absolute atomic E-state index is 0.117. The second-order valence-electron chi connectivity index (χ2n) is 2.99. The Bertz CT molecular complexity index is 452. The molecule has 0 saturated heterocycles. The maximum Gasteiger partial charge on any atom is 0.356 e. The highest BCUT2D eigenvalue weighted by Crippen LogP contribution is 2.27. The van der Waals surface area contributed by atoms with Crippen LogP contribution in [0.1, 0.15) is 0 Å². The van der Waals surface area contributed by atoms with Gasteiger partial charge in [-0.15, -0.1) is 0 Å². The largest absolute Gasteiger partial charge is 0.453 e. The van der Waals surface area contributed by atoms with Crippen molar-refractivity contribution in [1.82, 2.24) is 0 Å². The Hall–Kier alpha value is -1.23. The van der Waals surface area contributed by atoms with E-state index in [2.05, 4.69) is 4.74 Å². The van der Waals surface area contributed by atoms with Gasteiger partial charge in [-0.05, 0) is 24.3 Å². The molecule has 0 amide bonds. The third kappa shape index (κ3) is 2.14. The van der Waals surface area contributed by atoms with Gasteiger partial charge in [-0.1, -0.05) is 23.2 Å². The average molecular weight is 261 g/mol. The van der Waals surface area contributed by atoms with Crippen LogP contribution in [0.25, 0.3) is 0 Å². The second-order valence-corrected chi connectivity index (χ2v) is 3.81. The minimum atomic E-state index is -1.46. The van der Waals surface area contributed by atoms with Gasteiger partial charge in [-0.2, -0.15) is 0 Å². The van der Waals surface area contributed by atoms with Gasteiger partial charge in [-0.25, -0.2) is 4.79 Å². The normalized spacial score (nSPS) is 19.9. The van der Waals surface area contributed by atoms with Gasteiger partial charge in [0.05, 0.1) is 0 Å². The molecule has 4 nitrogen and oxygen atoms in total. The monoisotopic (exact) mass is 260 g/mol. The highest BCUT2D eigenvalue weighted by atomic mass is 35.5. The van der Waals surface area contributed by atoms with E-state index in [9.17, 15) is 9.90 Å². The Morgan fingerprint density at radius 2 is 1.88 bits per heavy atom. The van der Waals surface area contributed by atoms with Crippen molar-refractivity contribution in [3.8, 4) is 5.75 Å². The molecule has 2 rings (SSSR count). The highest BCUT2D eigenvalue weighted by Gasteiger charge is 2.34. The lowest BCUT2D eigenvalue weighted by Crippen LogP contribution is -2.13. The standard InChI is InChI=1S/C10H6Cl2O4/c11-5-1-3-6(4-2-5)15-8-7(12)9(13)16-10(8)14/h1-4,10,14H/t10-/m1/s1. The van der Waals surface area contributed by atoms with Gasteiger partial charge in [0.25, 0.3) is 6.29 Å². The summed E-state index contributed by atoms with van der Waals surface area (Å²) in [6.07, 6.45) is -1.46. The zero-order valence-electron chi connectivity index (χ0n) is 7.81. The van der Waals surface area contributed by atoms with Crippen molar-refractivity contribution in [2.75, 3.05) is 0 Å². The zero-order valence-corrected chi connectivity index (χ0v) is 9.33. The van der Waals surface area contributed by atoms with E-state index < -0.39 is 12.3 Å². The van der Waals surface area contributed by atoms with E-state index in [0.717, 1.165) is 0 Å². The summed E-state index contributed by atoms with van der Waals surface area (Å²) in [5.74, 6) is -0.526. The van der Waals surface area contributed by atoms with Gasteiger partial charge in [0, 0.05) is 5.02 Å². The van der Waals surface area contributed by atoms with Gasteiger partial charge < -0.3 is 14.6 Å². The molecule has 0 spiro atoms. The topological polar surface area (TPSA) is 55.8 Å². The number of cyclic esters (lactones) is 1. The van der Waals surface area contributed by atoms with E-state index in [4.69, 9.17) is 27.9 Å². The maximum absolute atomic E-state index is 11.0. The third-order valence-electron chi connectivity index (χ3n) is 1.88. The number of ether oxygens (including phenoxy) is 2. The molecule has 1 aliphatic heterocycles. The van der Waals surface area contributed by atoms with E-state index in [1.807, 2.05) is 0 Å². The first-order valence-electron chi connectivity index (χ1n) is 4.30. The number of esters is 1. The summed E-state index contributed by atoms with van der Waals surface area (Å²) < 4.78 is 9.66. The van der Waals surface area contributed by atoms with E-state index in [1.165, 1.54) is 0 Å². The number of rotatable bonds is 2. The van der Waals surface area contributed by atoms with Gasteiger partial charge in [-0.3, -0.25) is 0 Å². The molecule has 1 heterocycles. The summed E-state index contributed by atoms with van der Waals surface area (Å²) in [6, 6.07) is 6.37. The van der Waals surface area contributed by atoms with E-state index in [1.54, 1.807) is 24.3 Å². The van der Waals surface area contributed by atoms with Crippen LogP contribution < -0.4 is 4.74 Å². The Balaban J connectivity index is 2.22. The van der Waals surface area contributed by atoms with Crippen molar-refractivity contribution in [3.63, 3.8) is 0 Å². The van der Waals surface area contributed by atoms with E-state index >= 15 is 0 Å². The van der Waals surface area contributed by atoms with Crippen molar-refractivity contribution in [2.24, 2.45) is 0 Å². The summed E-state index contributed by atoms with van der Waals surface area (Å²) in [4.78, 5) is 11.0. The molecule has 0 unspecified atom stereocenters. The maximum atomic E-state index is 11.0. The number of benzene rings is 1. The van der Waals surface area contributed by atoms with Crippen LogP contribution in [-0.4, -0.2) is 17.4 Å². The molecule has 0 aliphatic carbocycles. The molecule has 1 aliphatic rings. The van der Waals surface area contributed by atoms with Crippen molar-refractivity contribution in [3.05, 3.63) is 40.1 Å². The number of halogens is 2. The first-order valence-corrected chi connectivity index (χ1v) is 5.05. The Morgan fingerprint density at radius 1 is 1.25 bits per heavy atom. The number of hydrogen-bond acceptors (Lipinski definition) is 4. The molecular weight excluding hydrogens is 255 g/mol.